The third kappa shape index (κ3) is 3.67. The summed E-state index contributed by atoms with van der Waals surface area (Å²) in [6.45, 7) is 5.69. The van der Waals surface area contributed by atoms with Crippen LogP contribution in [0.1, 0.15) is 38.5 Å². The highest BCUT2D eigenvalue weighted by molar-refractivity contribution is 7.86. The van der Waals surface area contributed by atoms with Crippen molar-refractivity contribution in [3.8, 4) is 0 Å². The van der Waals surface area contributed by atoms with Crippen LogP contribution in [0.2, 0.25) is 0 Å². The van der Waals surface area contributed by atoms with Crippen LogP contribution in [0.15, 0.2) is 4.42 Å². The van der Waals surface area contributed by atoms with Crippen molar-refractivity contribution in [2.75, 3.05) is 44.2 Å². The molecule has 1 aromatic heterocycles. The summed E-state index contributed by atoms with van der Waals surface area (Å²) in [5.74, 6) is 0.647. The molecule has 0 aromatic carbocycles. The lowest BCUT2D eigenvalue weighted by atomic mass is 10.3. The Kier molecular flexibility index (Phi) is 5.17. The van der Waals surface area contributed by atoms with E-state index < -0.39 is 10.2 Å². The van der Waals surface area contributed by atoms with E-state index in [1.165, 1.54) is 0 Å². The predicted molar refractivity (Wildman–Crippen MR) is 86.4 cm³/mol. The molecule has 8 nitrogen and oxygen atoms in total. The van der Waals surface area contributed by atoms with E-state index in [1.807, 2.05) is 4.90 Å². The summed E-state index contributed by atoms with van der Waals surface area (Å²) in [7, 11) is -3.32. The Labute approximate surface area is 137 Å². The van der Waals surface area contributed by atoms with Crippen LogP contribution in [-0.4, -0.2) is 66.5 Å². The number of hydrogen-bond acceptors (Lipinski definition) is 6. The Morgan fingerprint density at radius 1 is 0.957 bits per heavy atom. The standard InChI is InChI=1S/C14H25N5O3S/c1-2-6-13-15-16-14(22-13)17-7-5-10-19(12-11-17)23(20,21)18-8-3-4-9-18/h2-12H2,1H3. The van der Waals surface area contributed by atoms with Gasteiger partial charge in [0.1, 0.15) is 0 Å². The Morgan fingerprint density at radius 3 is 2.39 bits per heavy atom. The first-order chi connectivity index (χ1) is 11.1. The first-order valence-corrected chi connectivity index (χ1v) is 9.83. The van der Waals surface area contributed by atoms with E-state index in [-0.39, 0.29) is 0 Å². The molecule has 0 spiro atoms. The van der Waals surface area contributed by atoms with Crippen LogP contribution in [0.4, 0.5) is 6.01 Å². The van der Waals surface area contributed by atoms with E-state index in [2.05, 4.69) is 17.1 Å². The van der Waals surface area contributed by atoms with Gasteiger partial charge in [-0.15, -0.1) is 5.10 Å². The van der Waals surface area contributed by atoms with Crippen molar-refractivity contribution in [3.63, 3.8) is 0 Å². The molecular weight excluding hydrogens is 318 g/mol. The van der Waals surface area contributed by atoms with Gasteiger partial charge in [-0.2, -0.15) is 17.0 Å². The molecule has 3 heterocycles. The molecule has 0 N–H and O–H groups in total. The SMILES string of the molecule is CCCc1nnc(N2CCCN(S(=O)(=O)N3CCCC3)CC2)o1. The van der Waals surface area contributed by atoms with E-state index in [4.69, 9.17) is 4.42 Å². The van der Waals surface area contributed by atoms with Gasteiger partial charge >= 0.3 is 6.01 Å². The van der Waals surface area contributed by atoms with Crippen LogP contribution in [0.5, 0.6) is 0 Å². The van der Waals surface area contributed by atoms with Gasteiger partial charge in [-0.1, -0.05) is 12.0 Å². The van der Waals surface area contributed by atoms with Crippen molar-refractivity contribution in [2.45, 2.75) is 39.0 Å². The van der Waals surface area contributed by atoms with Crippen LogP contribution >= 0.6 is 0 Å². The summed E-state index contributed by atoms with van der Waals surface area (Å²) >= 11 is 0. The molecule has 0 atom stereocenters. The second kappa shape index (κ2) is 7.14. The van der Waals surface area contributed by atoms with E-state index in [0.717, 1.165) is 38.6 Å². The van der Waals surface area contributed by atoms with Gasteiger partial charge in [0.2, 0.25) is 5.89 Å². The van der Waals surface area contributed by atoms with Crippen molar-refractivity contribution in [1.82, 2.24) is 18.8 Å². The summed E-state index contributed by atoms with van der Waals surface area (Å²) in [4.78, 5) is 1.99. The summed E-state index contributed by atoms with van der Waals surface area (Å²) < 4.78 is 34.2. The molecule has 0 amide bonds. The van der Waals surface area contributed by atoms with Crippen LogP contribution in [-0.2, 0) is 16.6 Å². The van der Waals surface area contributed by atoms with Gasteiger partial charge in [0, 0.05) is 45.7 Å². The minimum Gasteiger partial charge on any atom is -0.408 e. The average Bonchev–Trinajstić information content (AvgIpc) is 3.16. The molecule has 0 saturated carbocycles. The minimum absolute atomic E-state index is 0.463. The summed E-state index contributed by atoms with van der Waals surface area (Å²) in [5.41, 5.74) is 0. The molecule has 130 valence electrons. The lowest BCUT2D eigenvalue weighted by Crippen LogP contribution is -2.44. The van der Waals surface area contributed by atoms with Gasteiger partial charge in [0.05, 0.1) is 0 Å². The molecule has 2 saturated heterocycles. The maximum absolute atomic E-state index is 12.7. The minimum atomic E-state index is -3.32. The highest BCUT2D eigenvalue weighted by Gasteiger charge is 2.33. The van der Waals surface area contributed by atoms with Crippen LogP contribution in [0, 0.1) is 0 Å². The quantitative estimate of drug-likeness (QED) is 0.789. The topological polar surface area (TPSA) is 82.8 Å². The van der Waals surface area contributed by atoms with Crippen molar-refractivity contribution < 1.29 is 12.8 Å². The molecule has 2 fully saturated rings. The smallest absolute Gasteiger partial charge is 0.318 e. The van der Waals surface area contributed by atoms with E-state index in [0.29, 0.717) is 44.6 Å². The zero-order valence-corrected chi connectivity index (χ0v) is 14.5. The number of aryl methyl sites for hydroxylation is 1. The summed E-state index contributed by atoms with van der Waals surface area (Å²) in [6.07, 6.45) is 4.42. The number of anilines is 1. The van der Waals surface area contributed by atoms with Gasteiger partial charge in [0.25, 0.3) is 10.2 Å². The molecule has 3 rings (SSSR count). The van der Waals surface area contributed by atoms with Gasteiger partial charge in [0.15, 0.2) is 0 Å². The zero-order chi connectivity index (χ0) is 16.3. The van der Waals surface area contributed by atoms with E-state index in [1.54, 1.807) is 8.61 Å². The van der Waals surface area contributed by atoms with Crippen molar-refractivity contribution in [2.24, 2.45) is 0 Å². The molecule has 0 unspecified atom stereocenters. The maximum Gasteiger partial charge on any atom is 0.318 e. The number of aromatic nitrogens is 2. The second-order valence-electron chi connectivity index (χ2n) is 6.08. The molecular formula is C14H25N5O3S. The summed E-state index contributed by atoms with van der Waals surface area (Å²) in [5, 5.41) is 8.14. The van der Waals surface area contributed by atoms with Crippen LogP contribution < -0.4 is 4.90 Å². The van der Waals surface area contributed by atoms with Gasteiger partial charge in [-0.05, 0) is 25.7 Å². The predicted octanol–water partition coefficient (Wildman–Crippen LogP) is 0.875. The Morgan fingerprint density at radius 2 is 1.65 bits per heavy atom. The van der Waals surface area contributed by atoms with E-state index in [9.17, 15) is 8.42 Å². The zero-order valence-electron chi connectivity index (χ0n) is 13.6. The molecule has 2 aliphatic heterocycles. The fourth-order valence-electron chi connectivity index (χ4n) is 3.09. The van der Waals surface area contributed by atoms with Crippen LogP contribution in [0.3, 0.4) is 0 Å². The molecule has 2 aliphatic rings. The van der Waals surface area contributed by atoms with Crippen molar-refractivity contribution in [3.05, 3.63) is 5.89 Å². The normalized spacial score (nSPS) is 21.7. The first kappa shape index (κ1) is 16.7. The first-order valence-electron chi connectivity index (χ1n) is 8.44. The molecule has 9 heteroatoms. The molecule has 0 bridgehead atoms. The second-order valence-corrected chi connectivity index (χ2v) is 8.01. The number of rotatable bonds is 5. The number of nitrogens with zero attached hydrogens (tertiary/aromatic N) is 5. The van der Waals surface area contributed by atoms with Gasteiger partial charge < -0.3 is 9.32 Å². The lowest BCUT2D eigenvalue weighted by Gasteiger charge is -2.25. The van der Waals surface area contributed by atoms with Gasteiger partial charge in [-0.25, -0.2) is 0 Å². The Bertz CT molecular complexity index is 612. The van der Waals surface area contributed by atoms with Crippen molar-refractivity contribution >= 4 is 16.2 Å². The fourth-order valence-corrected chi connectivity index (χ4v) is 4.80. The maximum atomic E-state index is 12.7. The Balaban J connectivity index is 1.64. The molecule has 23 heavy (non-hydrogen) atoms. The van der Waals surface area contributed by atoms with Crippen molar-refractivity contribution in [1.29, 1.82) is 0 Å². The Hall–Kier alpha value is -1.19. The van der Waals surface area contributed by atoms with Gasteiger partial charge in [-0.3, -0.25) is 0 Å². The third-order valence-electron chi connectivity index (χ3n) is 4.36. The molecule has 0 aliphatic carbocycles. The number of hydrogen-bond donors (Lipinski definition) is 0. The van der Waals surface area contributed by atoms with E-state index >= 15 is 0 Å². The largest absolute Gasteiger partial charge is 0.408 e. The lowest BCUT2D eigenvalue weighted by molar-refractivity contribution is 0.372. The molecule has 0 radical (unpaired) electrons. The highest BCUT2D eigenvalue weighted by Crippen LogP contribution is 2.20. The molecule has 1 aromatic rings. The summed E-state index contributed by atoms with van der Waals surface area (Å²) in [6, 6.07) is 0.508. The van der Waals surface area contributed by atoms with Crippen LogP contribution in [0.25, 0.3) is 0 Å². The average molecular weight is 343 g/mol. The highest BCUT2D eigenvalue weighted by atomic mass is 32.2. The third-order valence-corrected chi connectivity index (χ3v) is 6.40. The monoisotopic (exact) mass is 343 g/mol. The fraction of sp³-hybridized carbons (Fsp3) is 0.857.